The number of amides is 2. The van der Waals surface area contributed by atoms with E-state index in [2.05, 4.69) is 15.2 Å². The molecule has 3 rings (SSSR count). The van der Waals surface area contributed by atoms with Gasteiger partial charge < -0.3 is 24.3 Å². The van der Waals surface area contributed by atoms with Gasteiger partial charge in [-0.3, -0.25) is 14.6 Å². The highest BCUT2D eigenvalue weighted by Crippen LogP contribution is 2.18. The molecule has 0 aliphatic carbocycles. The summed E-state index contributed by atoms with van der Waals surface area (Å²) in [5.41, 5.74) is 1.32. The number of anilines is 1. The zero-order valence-corrected chi connectivity index (χ0v) is 15.4. The van der Waals surface area contributed by atoms with E-state index in [-0.39, 0.29) is 11.8 Å². The lowest BCUT2D eigenvalue weighted by Crippen LogP contribution is -2.48. The molecule has 2 aromatic heterocycles. The van der Waals surface area contributed by atoms with Gasteiger partial charge in [-0.05, 0) is 30.7 Å². The molecule has 27 heavy (non-hydrogen) atoms. The minimum Gasteiger partial charge on any atom is -0.459 e. The summed E-state index contributed by atoms with van der Waals surface area (Å²) in [6.45, 7) is 3.72. The molecule has 1 aliphatic rings. The lowest BCUT2D eigenvalue weighted by molar-refractivity contribution is 0.0714. The van der Waals surface area contributed by atoms with Crippen molar-refractivity contribution in [3.8, 4) is 0 Å². The maximum atomic E-state index is 12.3. The monoisotopic (exact) mass is 372 g/mol. The molecule has 2 aromatic rings. The number of carbonyl (C=O) groups excluding carboxylic acids is 2. The molecule has 8 heteroatoms. The van der Waals surface area contributed by atoms with Crippen molar-refractivity contribution in [3.63, 3.8) is 0 Å². The highest BCUT2D eigenvalue weighted by Gasteiger charge is 2.24. The summed E-state index contributed by atoms with van der Waals surface area (Å²) in [6.07, 6.45) is 3.90. The number of nitrogens with one attached hydrogen (secondary N) is 1. The molecule has 2 amide bonds. The molecule has 8 nitrogen and oxygen atoms in total. The van der Waals surface area contributed by atoms with Crippen LogP contribution in [0.2, 0.25) is 0 Å². The van der Waals surface area contributed by atoms with Crippen LogP contribution in [0.3, 0.4) is 0 Å². The Morgan fingerprint density at radius 1 is 1.26 bits per heavy atom. The van der Waals surface area contributed by atoms with Gasteiger partial charge in [0.15, 0.2) is 5.76 Å². The van der Waals surface area contributed by atoms with Crippen molar-refractivity contribution in [2.24, 2.45) is 0 Å². The number of carbonyl (C=O) groups is 2. The van der Waals surface area contributed by atoms with E-state index in [0.717, 1.165) is 12.1 Å². The van der Waals surface area contributed by atoms with E-state index in [1.165, 1.54) is 6.26 Å². The summed E-state index contributed by atoms with van der Waals surface area (Å²) in [4.78, 5) is 32.6. The third-order valence-corrected chi connectivity index (χ3v) is 4.45. The van der Waals surface area contributed by atoms with Crippen LogP contribution in [-0.4, -0.2) is 68.1 Å². The van der Waals surface area contributed by atoms with Crippen molar-refractivity contribution in [1.29, 1.82) is 0 Å². The third kappa shape index (κ3) is 4.85. The first kappa shape index (κ1) is 18.9. The minimum atomic E-state index is -0.195. The first-order valence-electron chi connectivity index (χ1n) is 9.00. The molecule has 3 heterocycles. The molecule has 0 radical (unpaired) electrons. The molecule has 0 saturated carbocycles. The van der Waals surface area contributed by atoms with Gasteiger partial charge in [-0.25, -0.2) is 0 Å². The average molecular weight is 372 g/mol. The smallest absolute Gasteiger partial charge is 0.289 e. The van der Waals surface area contributed by atoms with Crippen LogP contribution in [0.15, 0.2) is 41.1 Å². The van der Waals surface area contributed by atoms with Gasteiger partial charge in [0.25, 0.3) is 11.8 Å². The van der Waals surface area contributed by atoms with E-state index in [9.17, 15) is 9.59 Å². The van der Waals surface area contributed by atoms with Gasteiger partial charge in [0.1, 0.15) is 5.69 Å². The third-order valence-electron chi connectivity index (χ3n) is 4.45. The molecule has 0 unspecified atom stereocenters. The molecule has 1 N–H and O–H groups in total. The van der Waals surface area contributed by atoms with E-state index < -0.39 is 0 Å². The molecule has 1 saturated heterocycles. The summed E-state index contributed by atoms with van der Waals surface area (Å²) in [7, 11) is 1.63. The fourth-order valence-corrected chi connectivity index (χ4v) is 2.97. The normalized spacial score (nSPS) is 14.3. The molecule has 1 aliphatic heterocycles. The van der Waals surface area contributed by atoms with Gasteiger partial charge in [0.2, 0.25) is 0 Å². The van der Waals surface area contributed by atoms with E-state index in [1.54, 1.807) is 36.4 Å². The van der Waals surface area contributed by atoms with E-state index >= 15 is 0 Å². The second-order valence-corrected chi connectivity index (χ2v) is 6.26. The van der Waals surface area contributed by atoms with Crippen LogP contribution >= 0.6 is 0 Å². The number of aromatic nitrogens is 1. The van der Waals surface area contributed by atoms with E-state index in [0.29, 0.717) is 50.8 Å². The fraction of sp³-hybridized carbons (Fsp3) is 0.421. The molecule has 0 aromatic carbocycles. The molecular weight excluding hydrogens is 348 g/mol. The zero-order chi connectivity index (χ0) is 19.1. The highest BCUT2D eigenvalue weighted by molar-refractivity contribution is 5.93. The van der Waals surface area contributed by atoms with Crippen LogP contribution in [0.1, 0.15) is 27.5 Å². The SMILES string of the molecule is COCCCNC(=O)c1cc(N2CCN(C(=O)c3ccco3)CC2)ccn1. The first-order chi connectivity index (χ1) is 13.2. The van der Waals surface area contributed by atoms with Gasteiger partial charge in [0, 0.05) is 58.3 Å². The van der Waals surface area contributed by atoms with Crippen LogP contribution in [0.4, 0.5) is 5.69 Å². The summed E-state index contributed by atoms with van der Waals surface area (Å²) >= 11 is 0. The van der Waals surface area contributed by atoms with Gasteiger partial charge in [-0.2, -0.15) is 0 Å². The Kier molecular flexibility index (Phi) is 6.43. The number of ether oxygens (including phenoxy) is 1. The van der Waals surface area contributed by atoms with E-state index in [1.807, 2.05) is 6.07 Å². The summed E-state index contributed by atoms with van der Waals surface area (Å²) in [6, 6.07) is 7.05. The Bertz CT molecular complexity index is 755. The fourth-order valence-electron chi connectivity index (χ4n) is 2.97. The summed E-state index contributed by atoms with van der Waals surface area (Å²) in [5.74, 6) is 0.0740. The highest BCUT2D eigenvalue weighted by atomic mass is 16.5. The Morgan fingerprint density at radius 2 is 2.07 bits per heavy atom. The zero-order valence-electron chi connectivity index (χ0n) is 15.4. The minimum absolute atomic E-state index is 0.0921. The van der Waals surface area contributed by atoms with E-state index in [4.69, 9.17) is 9.15 Å². The Labute approximate surface area is 158 Å². The van der Waals surface area contributed by atoms with Crippen LogP contribution in [0, 0.1) is 0 Å². The van der Waals surface area contributed by atoms with Crippen LogP contribution in [0.25, 0.3) is 0 Å². The van der Waals surface area contributed by atoms with Crippen molar-refractivity contribution >= 4 is 17.5 Å². The standard InChI is InChI=1S/C19H24N4O4/c1-26-12-3-6-21-18(24)16-14-15(5-7-20-16)22-8-10-23(11-9-22)19(25)17-4-2-13-27-17/h2,4-5,7,13-14H,3,6,8-12H2,1H3,(H,21,24). The van der Waals surface area contributed by atoms with Crippen molar-refractivity contribution < 1.29 is 18.7 Å². The Hall–Kier alpha value is -2.87. The number of nitrogens with zero attached hydrogens (tertiary/aromatic N) is 3. The number of rotatable bonds is 7. The number of furan rings is 1. The van der Waals surface area contributed by atoms with Crippen molar-refractivity contribution in [2.45, 2.75) is 6.42 Å². The van der Waals surface area contributed by atoms with Gasteiger partial charge in [0.05, 0.1) is 6.26 Å². The summed E-state index contributed by atoms with van der Waals surface area (Å²) in [5, 5.41) is 2.84. The lowest BCUT2D eigenvalue weighted by Gasteiger charge is -2.35. The predicted molar refractivity (Wildman–Crippen MR) is 99.9 cm³/mol. The first-order valence-corrected chi connectivity index (χ1v) is 9.00. The Morgan fingerprint density at radius 3 is 2.78 bits per heavy atom. The van der Waals surface area contributed by atoms with Crippen LogP contribution in [-0.2, 0) is 4.74 Å². The molecule has 144 valence electrons. The van der Waals surface area contributed by atoms with Crippen molar-refractivity contribution in [1.82, 2.24) is 15.2 Å². The molecular formula is C19H24N4O4. The maximum absolute atomic E-state index is 12.3. The second kappa shape index (κ2) is 9.18. The number of methoxy groups -OCH3 is 1. The van der Waals surface area contributed by atoms with Gasteiger partial charge in [-0.15, -0.1) is 0 Å². The second-order valence-electron chi connectivity index (χ2n) is 6.26. The molecule has 0 spiro atoms. The lowest BCUT2D eigenvalue weighted by atomic mass is 10.2. The number of pyridine rings is 1. The number of piperazine rings is 1. The van der Waals surface area contributed by atoms with Crippen LogP contribution in [0.5, 0.6) is 0 Å². The van der Waals surface area contributed by atoms with Gasteiger partial charge >= 0.3 is 0 Å². The largest absolute Gasteiger partial charge is 0.459 e. The average Bonchev–Trinajstić information content (AvgIpc) is 3.25. The number of hydrogen-bond donors (Lipinski definition) is 1. The Balaban J connectivity index is 1.55. The molecule has 0 bridgehead atoms. The van der Waals surface area contributed by atoms with Crippen molar-refractivity contribution in [2.75, 3.05) is 51.3 Å². The van der Waals surface area contributed by atoms with Crippen LogP contribution < -0.4 is 10.2 Å². The quantitative estimate of drug-likeness (QED) is 0.740. The number of hydrogen-bond acceptors (Lipinski definition) is 6. The maximum Gasteiger partial charge on any atom is 0.289 e. The molecule has 0 atom stereocenters. The van der Waals surface area contributed by atoms with Crippen molar-refractivity contribution in [3.05, 3.63) is 48.2 Å². The predicted octanol–water partition coefficient (Wildman–Crippen LogP) is 1.40. The summed E-state index contributed by atoms with van der Waals surface area (Å²) < 4.78 is 10.2. The van der Waals surface area contributed by atoms with Gasteiger partial charge in [-0.1, -0.05) is 0 Å². The topological polar surface area (TPSA) is 87.9 Å². The molecule has 1 fully saturated rings.